The van der Waals surface area contributed by atoms with Crippen molar-refractivity contribution < 1.29 is 0 Å². The van der Waals surface area contributed by atoms with Gasteiger partial charge in [0.1, 0.15) is 0 Å². The number of hydrogen-bond donors (Lipinski definition) is 0. The minimum Gasteiger partial charge on any atom is -0.371 e. The number of halogens is 1. The molecule has 1 unspecified atom stereocenters. The molecule has 0 aliphatic carbocycles. The minimum absolute atomic E-state index is 0.563. The minimum atomic E-state index is 0.563. The van der Waals surface area contributed by atoms with Crippen LogP contribution < -0.4 is 4.90 Å². The van der Waals surface area contributed by atoms with Gasteiger partial charge in [-0.05, 0) is 37.0 Å². The van der Waals surface area contributed by atoms with E-state index in [2.05, 4.69) is 73.8 Å². The molecule has 90 valence electrons. The van der Waals surface area contributed by atoms with E-state index in [9.17, 15) is 0 Å². The first-order valence-corrected chi connectivity index (χ1v) is 6.97. The lowest BCUT2D eigenvalue weighted by Gasteiger charge is -2.31. The second-order valence-electron chi connectivity index (χ2n) is 4.85. The monoisotopic (exact) mass is 283 g/mol. The molecule has 0 amide bonds. The maximum atomic E-state index is 3.49. The van der Waals surface area contributed by atoms with E-state index < -0.39 is 0 Å². The van der Waals surface area contributed by atoms with Crippen LogP contribution in [0.25, 0.3) is 0 Å². The van der Waals surface area contributed by atoms with Gasteiger partial charge < -0.3 is 4.90 Å². The molecule has 0 spiro atoms. The Bertz CT molecular complexity index is 347. The average Bonchev–Trinajstić information content (AvgIpc) is 2.26. The Balaban J connectivity index is 2.96. The number of aryl methyl sites for hydroxylation is 1. The second kappa shape index (κ2) is 5.72. The van der Waals surface area contributed by atoms with Gasteiger partial charge in [-0.1, -0.05) is 41.9 Å². The van der Waals surface area contributed by atoms with Crippen molar-refractivity contribution in [3.8, 4) is 0 Å². The van der Waals surface area contributed by atoms with Gasteiger partial charge in [0.2, 0.25) is 0 Å². The summed E-state index contributed by atoms with van der Waals surface area (Å²) in [6, 6.07) is 7.24. The van der Waals surface area contributed by atoms with Gasteiger partial charge in [-0.3, -0.25) is 0 Å². The van der Waals surface area contributed by atoms with Crippen LogP contribution in [0, 0.1) is 12.8 Å². The van der Waals surface area contributed by atoms with Gasteiger partial charge in [0.25, 0.3) is 0 Å². The van der Waals surface area contributed by atoms with E-state index >= 15 is 0 Å². The summed E-state index contributed by atoms with van der Waals surface area (Å²) in [6.45, 7) is 9.00. The molecule has 0 bridgehead atoms. The highest BCUT2D eigenvalue weighted by Crippen LogP contribution is 2.24. The molecule has 1 nitrogen and oxygen atoms in total. The molecule has 16 heavy (non-hydrogen) atoms. The predicted molar refractivity (Wildman–Crippen MR) is 76.5 cm³/mol. The van der Waals surface area contributed by atoms with E-state index in [1.807, 2.05) is 0 Å². The van der Waals surface area contributed by atoms with E-state index in [0.29, 0.717) is 12.0 Å². The molecule has 1 atom stereocenters. The number of hydrogen-bond acceptors (Lipinski definition) is 1. The largest absolute Gasteiger partial charge is 0.371 e. The Hall–Kier alpha value is -0.500. The highest BCUT2D eigenvalue weighted by molar-refractivity contribution is 9.08. The zero-order valence-corrected chi connectivity index (χ0v) is 12.5. The van der Waals surface area contributed by atoms with Gasteiger partial charge in [-0.2, -0.15) is 0 Å². The smallest absolute Gasteiger partial charge is 0.0396 e. The molecule has 0 fully saturated rings. The summed E-state index contributed by atoms with van der Waals surface area (Å²) < 4.78 is 0. The third-order valence-electron chi connectivity index (χ3n) is 3.37. The van der Waals surface area contributed by atoms with Crippen LogP contribution in [0.5, 0.6) is 0 Å². The van der Waals surface area contributed by atoms with E-state index in [1.165, 1.54) is 16.8 Å². The lowest BCUT2D eigenvalue weighted by Crippen LogP contribution is -2.33. The van der Waals surface area contributed by atoms with Crippen molar-refractivity contribution in [3.05, 3.63) is 29.3 Å². The highest BCUT2D eigenvalue weighted by atomic mass is 79.9. The molecule has 0 saturated heterocycles. The molecule has 1 rings (SSSR count). The van der Waals surface area contributed by atoms with E-state index in [1.54, 1.807) is 0 Å². The Morgan fingerprint density at radius 1 is 1.25 bits per heavy atom. The Morgan fingerprint density at radius 2 is 1.88 bits per heavy atom. The molecule has 0 aliphatic heterocycles. The van der Waals surface area contributed by atoms with Crippen LogP contribution in [0.1, 0.15) is 31.9 Å². The van der Waals surface area contributed by atoms with Crippen molar-refractivity contribution >= 4 is 21.6 Å². The number of rotatable bonds is 4. The van der Waals surface area contributed by atoms with Gasteiger partial charge >= 0.3 is 0 Å². The Kier molecular flexibility index (Phi) is 4.85. The highest BCUT2D eigenvalue weighted by Gasteiger charge is 2.15. The van der Waals surface area contributed by atoms with E-state index in [4.69, 9.17) is 0 Å². The normalized spacial score (nSPS) is 12.9. The predicted octanol–water partition coefficient (Wildman–Crippen LogP) is 4.37. The van der Waals surface area contributed by atoms with Gasteiger partial charge in [-0.25, -0.2) is 0 Å². The third-order valence-corrected chi connectivity index (χ3v) is 4.02. The fourth-order valence-electron chi connectivity index (χ4n) is 1.86. The molecule has 0 heterocycles. The summed E-state index contributed by atoms with van der Waals surface area (Å²) >= 11 is 3.49. The van der Waals surface area contributed by atoms with E-state index in [0.717, 1.165) is 5.33 Å². The van der Waals surface area contributed by atoms with Gasteiger partial charge in [-0.15, -0.1) is 0 Å². The number of nitrogens with zero attached hydrogens (tertiary/aromatic N) is 1. The number of benzene rings is 1. The molecule has 1 aromatic carbocycles. The molecule has 0 saturated carbocycles. The molecular formula is C14H22BrN. The quantitative estimate of drug-likeness (QED) is 0.742. The summed E-state index contributed by atoms with van der Waals surface area (Å²) in [5.74, 6) is 0.667. The van der Waals surface area contributed by atoms with Crippen molar-refractivity contribution in [2.45, 2.75) is 39.1 Å². The SMILES string of the molecule is Cc1cc(CBr)ccc1N(C)C(C)C(C)C. The van der Waals surface area contributed by atoms with Gasteiger partial charge in [0.15, 0.2) is 0 Å². The van der Waals surface area contributed by atoms with Crippen molar-refractivity contribution in [1.82, 2.24) is 0 Å². The lowest BCUT2D eigenvalue weighted by atomic mass is 10.0. The summed E-state index contributed by atoms with van der Waals surface area (Å²) in [5.41, 5.74) is 4.03. The van der Waals surface area contributed by atoms with Crippen LogP contribution in [-0.4, -0.2) is 13.1 Å². The molecule has 1 aromatic rings. The summed E-state index contributed by atoms with van der Waals surface area (Å²) in [6.07, 6.45) is 0. The van der Waals surface area contributed by atoms with Gasteiger partial charge in [0.05, 0.1) is 0 Å². The van der Waals surface area contributed by atoms with Crippen LogP contribution in [0.3, 0.4) is 0 Å². The van der Waals surface area contributed by atoms with Crippen LogP contribution in [0.4, 0.5) is 5.69 Å². The van der Waals surface area contributed by atoms with Crippen molar-refractivity contribution in [2.24, 2.45) is 5.92 Å². The topological polar surface area (TPSA) is 3.24 Å². The molecule has 0 radical (unpaired) electrons. The fraction of sp³-hybridized carbons (Fsp3) is 0.571. The Morgan fingerprint density at radius 3 is 2.31 bits per heavy atom. The first kappa shape index (κ1) is 13.6. The van der Waals surface area contributed by atoms with Crippen LogP contribution in [-0.2, 0) is 5.33 Å². The van der Waals surface area contributed by atoms with Crippen molar-refractivity contribution in [3.63, 3.8) is 0 Å². The molecule has 0 aliphatic rings. The number of alkyl halides is 1. The lowest BCUT2D eigenvalue weighted by molar-refractivity contribution is 0.505. The number of anilines is 1. The summed E-state index contributed by atoms with van der Waals surface area (Å²) in [7, 11) is 2.18. The fourth-order valence-corrected chi connectivity index (χ4v) is 2.21. The van der Waals surface area contributed by atoms with Crippen LogP contribution >= 0.6 is 15.9 Å². The zero-order valence-electron chi connectivity index (χ0n) is 10.9. The summed E-state index contributed by atoms with van der Waals surface area (Å²) in [5, 5.41) is 0.928. The van der Waals surface area contributed by atoms with Crippen molar-refractivity contribution in [1.29, 1.82) is 0 Å². The first-order chi connectivity index (χ1) is 7.47. The average molecular weight is 284 g/mol. The molecule has 0 N–H and O–H groups in total. The maximum absolute atomic E-state index is 3.49. The Labute approximate surface area is 108 Å². The second-order valence-corrected chi connectivity index (χ2v) is 5.41. The van der Waals surface area contributed by atoms with Crippen LogP contribution in [0.2, 0.25) is 0 Å². The molecule has 2 heteroatoms. The third kappa shape index (κ3) is 3.00. The standard InChI is InChI=1S/C14H22BrN/c1-10(2)12(4)16(5)14-7-6-13(9-15)8-11(14)3/h6-8,10,12H,9H2,1-5H3. The molecular weight excluding hydrogens is 262 g/mol. The maximum Gasteiger partial charge on any atom is 0.0396 e. The molecule has 0 aromatic heterocycles. The van der Waals surface area contributed by atoms with Gasteiger partial charge in [0, 0.05) is 24.1 Å². The summed E-state index contributed by atoms with van der Waals surface area (Å²) in [4.78, 5) is 2.37. The van der Waals surface area contributed by atoms with E-state index in [-0.39, 0.29) is 0 Å². The zero-order chi connectivity index (χ0) is 12.3. The first-order valence-electron chi connectivity index (χ1n) is 5.85. The van der Waals surface area contributed by atoms with Crippen molar-refractivity contribution in [2.75, 3.05) is 11.9 Å². The van der Waals surface area contributed by atoms with Crippen LogP contribution in [0.15, 0.2) is 18.2 Å².